The predicted molar refractivity (Wildman–Crippen MR) is 39.5 cm³/mol. The Bertz CT molecular complexity index is 110. The SMILES string of the molecule is CCCC=COC(=O)S. The summed E-state index contributed by atoms with van der Waals surface area (Å²) in [5.41, 5.74) is 0. The normalized spacial score (nSPS) is 10.0. The molecule has 0 aliphatic heterocycles. The molecule has 0 aromatic heterocycles. The maximum Gasteiger partial charge on any atom is 0.369 e. The highest BCUT2D eigenvalue weighted by molar-refractivity contribution is 7.96. The molecule has 0 radical (unpaired) electrons. The van der Waals surface area contributed by atoms with E-state index < -0.39 is 5.30 Å². The zero-order valence-electron chi connectivity index (χ0n) is 5.33. The Kier molecular flexibility index (Phi) is 5.41. The van der Waals surface area contributed by atoms with E-state index in [9.17, 15) is 4.79 Å². The minimum atomic E-state index is -0.567. The van der Waals surface area contributed by atoms with Gasteiger partial charge in [0.05, 0.1) is 6.26 Å². The van der Waals surface area contributed by atoms with Crippen LogP contribution in [-0.4, -0.2) is 5.30 Å². The van der Waals surface area contributed by atoms with Gasteiger partial charge < -0.3 is 4.74 Å². The van der Waals surface area contributed by atoms with Gasteiger partial charge in [0.25, 0.3) is 0 Å². The lowest BCUT2D eigenvalue weighted by Crippen LogP contribution is -1.81. The van der Waals surface area contributed by atoms with Gasteiger partial charge in [0.1, 0.15) is 0 Å². The summed E-state index contributed by atoms with van der Waals surface area (Å²) >= 11 is 3.39. The molecule has 0 amide bonds. The molecule has 0 fully saturated rings. The lowest BCUT2D eigenvalue weighted by atomic mass is 10.3. The summed E-state index contributed by atoms with van der Waals surface area (Å²) in [6, 6.07) is 0. The van der Waals surface area contributed by atoms with Crippen LogP contribution < -0.4 is 0 Å². The third kappa shape index (κ3) is 7.56. The molecule has 0 aromatic rings. The zero-order valence-corrected chi connectivity index (χ0v) is 6.23. The average Bonchev–Trinajstić information content (AvgIpc) is 1.80. The third-order valence-electron chi connectivity index (χ3n) is 0.720. The Balaban J connectivity index is 3.14. The van der Waals surface area contributed by atoms with Crippen molar-refractivity contribution in [2.45, 2.75) is 19.8 Å². The first-order chi connectivity index (χ1) is 4.27. The van der Waals surface area contributed by atoms with E-state index in [0.717, 1.165) is 12.8 Å². The number of unbranched alkanes of at least 4 members (excludes halogenated alkanes) is 1. The first kappa shape index (κ1) is 8.56. The van der Waals surface area contributed by atoms with Crippen LogP contribution in [0.2, 0.25) is 0 Å². The highest BCUT2D eigenvalue weighted by Gasteiger charge is 1.83. The van der Waals surface area contributed by atoms with Crippen molar-refractivity contribution in [3.05, 3.63) is 12.3 Å². The predicted octanol–water partition coefficient (Wildman–Crippen LogP) is 2.37. The second kappa shape index (κ2) is 5.69. The quantitative estimate of drug-likeness (QED) is 0.376. The summed E-state index contributed by atoms with van der Waals surface area (Å²) in [4.78, 5) is 10.00. The van der Waals surface area contributed by atoms with Gasteiger partial charge >= 0.3 is 5.30 Å². The van der Waals surface area contributed by atoms with Crippen LogP contribution >= 0.6 is 12.6 Å². The van der Waals surface area contributed by atoms with Crippen LogP contribution in [0.4, 0.5) is 4.79 Å². The van der Waals surface area contributed by atoms with Crippen LogP contribution in [0.15, 0.2) is 12.3 Å². The van der Waals surface area contributed by atoms with Crippen molar-refractivity contribution >= 4 is 17.9 Å². The van der Waals surface area contributed by atoms with Gasteiger partial charge in [0.2, 0.25) is 0 Å². The second-order valence-corrected chi connectivity index (χ2v) is 1.91. The van der Waals surface area contributed by atoms with Crippen molar-refractivity contribution in [1.29, 1.82) is 0 Å². The first-order valence-corrected chi connectivity index (χ1v) is 3.26. The van der Waals surface area contributed by atoms with Crippen molar-refractivity contribution in [1.82, 2.24) is 0 Å². The van der Waals surface area contributed by atoms with Crippen LogP contribution in [0, 0.1) is 0 Å². The minimum absolute atomic E-state index is 0.567. The number of rotatable bonds is 3. The van der Waals surface area contributed by atoms with Gasteiger partial charge in [-0.3, -0.25) is 0 Å². The molecule has 0 saturated heterocycles. The number of hydrogen-bond donors (Lipinski definition) is 1. The van der Waals surface area contributed by atoms with E-state index in [1.807, 2.05) is 6.92 Å². The van der Waals surface area contributed by atoms with Crippen LogP contribution in [0.3, 0.4) is 0 Å². The molecular weight excluding hydrogens is 136 g/mol. The number of allylic oxidation sites excluding steroid dienone is 1. The Morgan fingerprint density at radius 1 is 1.78 bits per heavy atom. The molecule has 0 aliphatic carbocycles. The molecular formula is C6H10O2S. The second-order valence-electron chi connectivity index (χ2n) is 1.54. The smallest absolute Gasteiger partial charge is 0.369 e. The van der Waals surface area contributed by atoms with Crippen molar-refractivity contribution in [3.8, 4) is 0 Å². The highest BCUT2D eigenvalue weighted by atomic mass is 32.1. The molecule has 0 N–H and O–H groups in total. The van der Waals surface area contributed by atoms with Gasteiger partial charge in [0, 0.05) is 0 Å². The molecule has 0 unspecified atom stereocenters. The number of carbonyl (C=O) groups is 1. The van der Waals surface area contributed by atoms with E-state index in [1.54, 1.807) is 6.08 Å². The van der Waals surface area contributed by atoms with E-state index >= 15 is 0 Å². The van der Waals surface area contributed by atoms with Gasteiger partial charge in [-0.1, -0.05) is 26.0 Å². The summed E-state index contributed by atoms with van der Waals surface area (Å²) in [6.07, 6.45) is 5.13. The van der Waals surface area contributed by atoms with Gasteiger partial charge in [-0.15, -0.1) is 0 Å². The fraction of sp³-hybridized carbons (Fsp3) is 0.500. The Morgan fingerprint density at radius 3 is 2.89 bits per heavy atom. The highest BCUT2D eigenvalue weighted by Crippen LogP contribution is 1.91. The van der Waals surface area contributed by atoms with Crippen LogP contribution in [-0.2, 0) is 4.74 Å². The standard InChI is InChI=1S/C6H10O2S/c1-2-3-4-5-8-6(7)9/h4-5H,2-3H2,1H3,(H,7,9). The monoisotopic (exact) mass is 146 g/mol. The lowest BCUT2D eigenvalue weighted by molar-refractivity contribution is 0.214. The van der Waals surface area contributed by atoms with E-state index in [2.05, 4.69) is 17.4 Å². The number of carbonyl (C=O) groups excluding carboxylic acids is 1. The van der Waals surface area contributed by atoms with Crippen molar-refractivity contribution in [3.63, 3.8) is 0 Å². The third-order valence-corrected chi connectivity index (χ3v) is 0.826. The van der Waals surface area contributed by atoms with E-state index in [-0.39, 0.29) is 0 Å². The molecule has 2 nitrogen and oxygen atoms in total. The maximum atomic E-state index is 10.00. The molecule has 0 atom stereocenters. The molecule has 3 heteroatoms. The Morgan fingerprint density at radius 2 is 2.44 bits per heavy atom. The fourth-order valence-corrected chi connectivity index (χ4v) is 0.402. The van der Waals surface area contributed by atoms with Crippen LogP contribution in [0.1, 0.15) is 19.8 Å². The summed E-state index contributed by atoms with van der Waals surface area (Å²) in [7, 11) is 0. The molecule has 0 saturated carbocycles. The van der Waals surface area contributed by atoms with E-state index in [4.69, 9.17) is 0 Å². The van der Waals surface area contributed by atoms with Crippen LogP contribution in [0.25, 0.3) is 0 Å². The summed E-state index contributed by atoms with van der Waals surface area (Å²) in [6.45, 7) is 2.05. The average molecular weight is 146 g/mol. The molecule has 0 rings (SSSR count). The molecule has 0 spiro atoms. The largest absolute Gasteiger partial charge is 0.427 e. The van der Waals surface area contributed by atoms with Crippen molar-refractivity contribution in [2.24, 2.45) is 0 Å². The Labute approximate surface area is 60.3 Å². The van der Waals surface area contributed by atoms with Gasteiger partial charge in [0.15, 0.2) is 0 Å². The molecule has 0 aliphatic rings. The number of thiol groups is 1. The van der Waals surface area contributed by atoms with Crippen molar-refractivity contribution in [2.75, 3.05) is 0 Å². The number of ether oxygens (including phenoxy) is 1. The maximum absolute atomic E-state index is 10.00. The summed E-state index contributed by atoms with van der Waals surface area (Å²) < 4.78 is 4.39. The topological polar surface area (TPSA) is 26.3 Å². The Hall–Kier alpha value is -0.440. The first-order valence-electron chi connectivity index (χ1n) is 2.82. The zero-order chi connectivity index (χ0) is 7.11. The fourth-order valence-electron chi connectivity index (χ4n) is 0.341. The van der Waals surface area contributed by atoms with Gasteiger partial charge in [-0.25, -0.2) is 4.79 Å². The molecule has 0 bridgehead atoms. The van der Waals surface area contributed by atoms with Crippen LogP contribution in [0.5, 0.6) is 0 Å². The minimum Gasteiger partial charge on any atom is -0.427 e. The van der Waals surface area contributed by atoms with Gasteiger partial charge in [-0.05, 0) is 12.5 Å². The van der Waals surface area contributed by atoms with E-state index in [0.29, 0.717) is 0 Å². The molecule has 0 heterocycles. The van der Waals surface area contributed by atoms with Crippen molar-refractivity contribution < 1.29 is 9.53 Å². The molecule has 9 heavy (non-hydrogen) atoms. The molecule has 0 aromatic carbocycles. The number of hydrogen-bond acceptors (Lipinski definition) is 2. The summed E-state index contributed by atoms with van der Waals surface area (Å²) in [5.74, 6) is 0. The summed E-state index contributed by atoms with van der Waals surface area (Å²) in [5, 5.41) is -0.567. The lowest BCUT2D eigenvalue weighted by Gasteiger charge is -1.87. The van der Waals surface area contributed by atoms with E-state index in [1.165, 1.54) is 6.26 Å². The van der Waals surface area contributed by atoms with Gasteiger partial charge in [-0.2, -0.15) is 0 Å². The molecule has 52 valence electrons.